The number of aliphatic hydroxyl groups is 1. The van der Waals surface area contributed by atoms with Gasteiger partial charge in [0, 0.05) is 17.6 Å². The van der Waals surface area contributed by atoms with Crippen molar-refractivity contribution in [1.82, 2.24) is 14.9 Å². The molecular formula is C16H23N3O. The molecule has 4 heteroatoms. The number of imidazole rings is 1. The molecule has 0 amide bonds. The Bertz CT molecular complexity index is 590. The van der Waals surface area contributed by atoms with Crippen LogP contribution in [0.3, 0.4) is 0 Å². The highest BCUT2D eigenvalue weighted by Gasteiger charge is 2.33. The molecule has 1 saturated carbocycles. The summed E-state index contributed by atoms with van der Waals surface area (Å²) < 4.78 is 2.21. The Labute approximate surface area is 119 Å². The Kier molecular flexibility index (Phi) is 3.52. The average molecular weight is 273 g/mol. The first-order valence-corrected chi connectivity index (χ1v) is 7.41. The quantitative estimate of drug-likeness (QED) is 0.850. The molecule has 1 heterocycles. The monoisotopic (exact) mass is 273 g/mol. The van der Waals surface area contributed by atoms with E-state index in [4.69, 9.17) is 0 Å². The normalized spacial score (nSPS) is 19.9. The molecule has 4 nitrogen and oxygen atoms in total. The highest BCUT2D eigenvalue weighted by molar-refractivity contribution is 5.75. The molecule has 0 aliphatic heterocycles. The van der Waals surface area contributed by atoms with Crippen LogP contribution in [0.1, 0.15) is 39.2 Å². The molecule has 2 N–H and O–H groups in total. The van der Waals surface area contributed by atoms with Gasteiger partial charge in [0.05, 0.1) is 24.0 Å². The van der Waals surface area contributed by atoms with Gasteiger partial charge in [0.15, 0.2) is 0 Å². The second-order valence-electron chi connectivity index (χ2n) is 6.33. The van der Waals surface area contributed by atoms with Gasteiger partial charge in [0.25, 0.3) is 0 Å². The molecule has 0 saturated heterocycles. The third kappa shape index (κ3) is 2.72. The van der Waals surface area contributed by atoms with E-state index in [1.807, 2.05) is 24.5 Å². The van der Waals surface area contributed by atoms with Crippen molar-refractivity contribution in [1.29, 1.82) is 0 Å². The lowest BCUT2D eigenvalue weighted by atomic mass is 9.94. The number of para-hydroxylation sites is 2. The van der Waals surface area contributed by atoms with Gasteiger partial charge in [0.1, 0.15) is 0 Å². The maximum atomic E-state index is 9.73. The van der Waals surface area contributed by atoms with Crippen molar-refractivity contribution in [2.75, 3.05) is 6.61 Å². The van der Waals surface area contributed by atoms with Gasteiger partial charge < -0.3 is 15.0 Å². The zero-order chi connectivity index (χ0) is 14.2. The summed E-state index contributed by atoms with van der Waals surface area (Å²) in [5.41, 5.74) is 1.97. The van der Waals surface area contributed by atoms with Crippen LogP contribution in [0, 0.1) is 0 Å². The number of benzene rings is 1. The summed E-state index contributed by atoms with van der Waals surface area (Å²) in [6.07, 6.45) is 5.26. The fraction of sp³-hybridized carbons (Fsp3) is 0.562. The van der Waals surface area contributed by atoms with Crippen molar-refractivity contribution in [3.8, 4) is 0 Å². The zero-order valence-corrected chi connectivity index (χ0v) is 12.2. The van der Waals surface area contributed by atoms with E-state index in [1.165, 1.54) is 12.8 Å². The van der Waals surface area contributed by atoms with Crippen LogP contribution in [0.5, 0.6) is 0 Å². The van der Waals surface area contributed by atoms with E-state index in [0.29, 0.717) is 12.1 Å². The third-order valence-corrected chi connectivity index (χ3v) is 4.18. The van der Waals surface area contributed by atoms with E-state index in [-0.39, 0.29) is 12.1 Å². The van der Waals surface area contributed by atoms with Crippen molar-refractivity contribution in [3.05, 3.63) is 30.6 Å². The predicted octanol–water partition coefficient (Wildman–Crippen LogP) is 2.49. The zero-order valence-electron chi connectivity index (χ0n) is 12.2. The summed E-state index contributed by atoms with van der Waals surface area (Å²) in [6, 6.07) is 9.08. The summed E-state index contributed by atoms with van der Waals surface area (Å²) in [6.45, 7) is 4.47. The Balaban J connectivity index is 1.79. The minimum atomic E-state index is -0.216. The van der Waals surface area contributed by atoms with Crippen LogP contribution in [0.25, 0.3) is 11.0 Å². The molecule has 108 valence electrons. The summed E-state index contributed by atoms with van der Waals surface area (Å²) in [5, 5.41) is 13.3. The van der Waals surface area contributed by atoms with Crippen molar-refractivity contribution < 1.29 is 5.11 Å². The molecule has 1 aliphatic carbocycles. The summed E-state index contributed by atoms with van der Waals surface area (Å²) in [5.74, 6) is 0. The number of aliphatic hydroxyl groups excluding tert-OH is 1. The first-order valence-electron chi connectivity index (χ1n) is 7.41. The molecule has 2 unspecified atom stereocenters. The standard InChI is InChI=1S/C16H23N3O/c1-12(9-16(2,10-20)18-13-7-8-13)19-11-17-14-5-3-4-6-15(14)19/h3-6,11-13,18,20H,7-10H2,1-2H3. The van der Waals surface area contributed by atoms with Gasteiger partial charge in [0.2, 0.25) is 0 Å². The number of nitrogens with one attached hydrogen (secondary N) is 1. The minimum absolute atomic E-state index is 0.167. The van der Waals surface area contributed by atoms with Gasteiger partial charge in [-0.15, -0.1) is 0 Å². The lowest BCUT2D eigenvalue weighted by Gasteiger charge is -2.32. The Morgan fingerprint density at radius 2 is 2.20 bits per heavy atom. The number of rotatable bonds is 6. The molecule has 1 aliphatic rings. The average Bonchev–Trinajstić information content (AvgIpc) is 3.14. The van der Waals surface area contributed by atoms with E-state index in [0.717, 1.165) is 17.5 Å². The summed E-state index contributed by atoms with van der Waals surface area (Å²) >= 11 is 0. The number of nitrogens with zero attached hydrogens (tertiary/aromatic N) is 2. The molecule has 3 rings (SSSR count). The van der Waals surface area contributed by atoms with Gasteiger partial charge in [-0.2, -0.15) is 0 Å². The van der Waals surface area contributed by atoms with Gasteiger partial charge >= 0.3 is 0 Å². The van der Waals surface area contributed by atoms with Crippen molar-refractivity contribution in [3.63, 3.8) is 0 Å². The molecule has 0 spiro atoms. The molecule has 20 heavy (non-hydrogen) atoms. The molecule has 2 aromatic rings. The number of aromatic nitrogens is 2. The highest BCUT2D eigenvalue weighted by atomic mass is 16.3. The van der Waals surface area contributed by atoms with Crippen molar-refractivity contribution >= 4 is 11.0 Å². The van der Waals surface area contributed by atoms with E-state index in [1.54, 1.807) is 0 Å². The van der Waals surface area contributed by atoms with Crippen LogP contribution < -0.4 is 5.32 Å². The van der Waals surface area contributed by atoms with Crippen LogP contribution >= 0.6 is 0 Å². The van der Waals surface area contributed by atoms with Gasteiger partial charge in [-0.1, -0.05) is 12.1 Å². The third-order valence-electron chi connectivity index (χ3n) is 4.18. The largest absolute Gasteiger partial charge is 0.394 e. The van der Waals surface area contributed by atoms with Crippen LogP contribution in [0.2, 0.25) is 0 Å². The molecule has 1 aromatic carbocycles. The predicted molar refractivity (Wildman–Crippen MR) is 80.7 cm³/mol. The first-order chi connectivity index (χ1) is 9.61. The van der Waals surface area contributed by atoms with Gasteiger partial charge in [-0.3, -0.25) is 0 Å². The molecule has 0 radical (unpaired) electrons. The fourth-order valence-corrected chi connectivity index (χ4v) is 2.97. The second kappa shape index (κ2) is 5.19. The van der Waals surface area contributed by atoms with E-state index in [9.17, 15) is 5.11 Å². The Hall–Kier alpha value is -1.39. The van der Waals surface area contributed by atoms with E-state index >= 15 is 0 Å². The summed E-state index contributed by atoms with van der Waals surface area (Å²) in [7, 11) is 0. The molecule has 0 bridgehead atoms. The number of hydrogen-bond donors (Lipinski definition) is 2. The molecular weight excluding hydrogens is 250 g/mol. The lowest BCUT2D eigenvalue weighted by Crippen LogP contribution is -2.48. The first kappa shape index (κ1) is 13.6. The Morgan fingerprint density at radius 3 is 2.90 bits per heavy atom. The Morgan fingerprint density at radius 1 is 1.45 bits per heavy atom. The SMILES string of the molecule is CC(CC(C)(CO)NC1CC1)n1cnc2ccccc21. The maximum Gasteiger partial charge on any atom is 0.0960 e. The van der Waals surface area contributed by atoms with Crippen LogP contribution in [0.4, 0.5) is 0 Å². The van der Waals surface area contributed by atoms with E-state index in [2.05, 4.69) is 34.8 Å². The van der Waals surface area contributed by atoms with Crippen LogP contribution in [-0.2, 0) is 0 Å². The highest BCUT2D eigenvalue weighted by Crippen LogP contribution is 2.28. The van der Waals surface area contributed by atoms with Crippen LogP contribution in [-0.4, -0.2) is 32.8 Å². The van der Waals surface area contributed by atoms with E-state index < -0.39 is 0 Å². The number of hydrogen-bond acceptors (Lipinski definition) is 3. The second-order valence-corrected chi connectivity index (χ2v) is 6.33. The maximum absolute atomic E-state index is 9.73. The van der Waals surface area contributed by atoms with Crippen LogP contribution in [0.15, 0.2) is 30.6 Å². The van der Waals surface area contributed by atoms with Gasteiger partial charge in [-0.25, -0.2) is 4.98 Å². The molecule has 1 fully saturated rings. The topological polar surface area (TPSA) is 50.1 Å². The molecule has 1 aromatic heterocycles. The van der Waals surface area contributed by atoms with Crippen molar-refractivity contribution in [2.24, 2.45) is 0 Å². The fourth-order valence-electron chi connectivity index (χ4n) is 2.97. The lowest BCUT2D eigenvalue weighted by molar-refractivity contribution is 0.150. The number of fused-ring (bicyclic) bond motifs is 1. The summed E-state index contributed by atoms with van der Waals surface area (Å²) in [4.78, 5) is 4.45. The molecule has 2 atom stereocenters. The smallest absolute Gasteiger partial charge is 0.0960 e. The minimum Gasteiger partial charge on any atom is -0.394 e. The van der Waals surface area contributed by atoms with Gasteiger partial charge in [-0.05, 0) is 45.2 Å². The van der Waals surface area contributed by atoms with Crippen molar-refractivity contribution in [2.45, 2.75) is 50.7 Å².